The average Bonchev–Trinajstić information content (AvgIpc) is 3.14. The molecule has 0 N–H and O–H groups in total. The van der Waals surface area contributed by atoms with Crippen LogP contribution in [0.2, 0.25) is 0 Å². The van der Waals surface area contributed by atoms with E-state index in [-0.39, 0.29) is 0 Å². The molecule has 1 nitrogen and oxygen atoms in total. The molecule has 21 heavy (non-hydrogen) atoms. The van der Waals surface area contributed by atoms with Gasteiger partial charge in [0, 0.05) is 22.2 Å². The molecule has 0 aliphatic carbocycles. The first kappa shape index (κ1) is 13.1. The summed E-state index contributed by atoms with van der Waals surface area (Å²) in [6, 6.07) is 22.6. The van der Waals surface area contributed by atoms with Crippen molar-refractivity contribution in [2.24, 2.45) is 0 Å². The molecule has 1 saturated heterocycles. The van der Waals surface area contributed by atoms with E-state index < -0.39 is 0 Å². The number of nitrogens with zero attached hydrogens (tertiary/aromatic N) is 1. The smallest absolute Gasteiger partial charge is 0.0445 e. The highest BCUT2D eigenvalue weighted by molar-refractivity contribution is 7.19. The molecule has 0 bridgehead atoms. The van der Waals surface area contributed by atoms with Gasteiger partial charge in [-0.2, -0.15) is 0 Å². The third-order valence-electron chi connectivity index (χ3n) is 4.37. The summed E-state index contributed by atoms with van der Waals surface area (Å²) in [5.74, 6) is 0. The van der Waals surface area contributed by atoms with E-state index in [0.29, 0.717) is 6.04 Å². The molecule has 2 heteroatoms. The Morgan fingerprint density at radius 1 is 1.00 bits per heavy atom. The summed E-state index contributed by atoms with van der Waals surface area (Å²) >= 11 is 1.97. The van der Waals surface area contributed by atoms with E-state index in [1.807, 2.05) is 11.3 Å². The van der Waals surface area contributed by atoms with Gasteiger partial charge in [-0.15, -0.1) is 11.3 Å². The van der Waals surface area contributed by atoms with Crippen molar-refractivity contribution >= 4 is 21.4 Å². The third kappa shape index (κ3) is 2.61. The first-order valence-electron chi connectivity index (χ1n) is 7.66. The van der Waals surface area contributed by atoms with Crippen LogP contribution < -0.4 is 0 Å². The number of rotatable bonds is 3. The number of hydrogen-bond donors (Lipinski definition) is 0. The zero-order valence-electron chi connectivity index (χ0n) is 12.0. The molecule has 1 atom stereocenters. The van der Waals surface area contributed by atoms with Gasteiger partial charge in [0.1, 0.15) is 0 Å². The summed E-state index contributed by atoms with van der Waals surface area (Å²) in [6.45, 7) is 2.29. The maximum atomic E-state index is 2.64. The molecular weight excluding hydrogens is 274 g/mol. The largest absolute Gasteiger partial charge is 0.291 e. The van der Waals surface area contributed by atoms with Crippen LogP contribution in [0.5, 0.6) is 0 Å². The van der Waals surface area contributed by atoms with Crippen molar-refractivity contribution < 1.29 is 0 Å². The van der Waals surface area contributed by atoms with Crippen molar-refractivity contribution in [2.75, 3.05) is 6.54 Å². The van der Waals surface area contributed by atoms with E-state index in [0.717, 1.165) is 6.54 Å². The summed E-state index contributed by atoms with van der Waals surface area (Å²) < 4.78 is 1.42. The fourth-order valence-corrected chi connectivity index (χ4v) is 4.56. The van der Waals surface area contributed by atoms with Gasteiger partial charge in [0.15, 0.2) is 0 Å². The molecule has 1 aliphatic rings. The van der Waals surface area contributed by atoms with Crippen molar-refractivity contribution in [3.63, 3.8) is 0 Å². The number of hydrogen-bond acceptors (Lipinski definition) is 2. The second kappa shape index (κ2) is 5.63. The van der Waals surface area contributed by atoms with Crippen LogP contribution in [0.15, 0.2) is 60.7 Å². The molecule has 4 rings (SSSR count). The zero-order chi connectivity index (χ0) is 14.1. The van der Waals surface area contributed by atoms with E-state index in [4.69, 9.17) is 0 Å². The molecular formula is C19H19NS. The van der Waals surface area contributed by atoms with E-state index in [9.17, 15) is 0 Å². The summed E-state index contributed by atoms with van der Waals surface area (Å²) in [4.78, 5) is 4.17. The first-order valence-corrected chi connectivity index (χ1v) is 8.48. The van der Waals surface area contributed by atoms with Gasteiger partial charge < -0.3 is 0 Å². The van der Waals surface area contributed by atoms with Crippen molar-refractivity contribution in [3.05, 3.63) is 71.1 Å². The summed E-state index contributed by atoms with van der Waals surface area (Å²) in [5, 5.41) is 1.39. The zero-order valence-corrected chi connectivity index (χ0v) is 12.9. The first-order chi connectivity index (χ1) is 10.4. The molecule has 2 heterocycles. The quantitative estimate of drug-likeness (QED) is 0.638. The predicted molar refractivity (Wildman–Crippen MR) is 90.7 cm³/mol. The SMILES string of the molecule is c1ccc(CN2CCCC2c2cc3ccccc3s2)cc1. The maximum Gasteiger partial charge on any atom is 0.0445 e. The minimum absolute atomic E-state index is 0.600. The Bertz CT molecular complexity index is 698. The van der Waals surface area contributed by atoms with Gasteiger partial charge in [-0.1, -0.05) is 48.5 Å². The lowest BCUT2D eigenvalue weighted by Crippen LogP contribution is -2.22. The number of likely N-dealkylation sites (tertiary alicyclic amines) is 1. The Balaban J connectivity index is 1.61. The van der Waals surface area contributed by atoms with Gasteiger partial charge in [-0.05, 0) is 42.5 Å². The van der Waals surface area contributed by atoms with Gasteiger partial charge in [0.05, 0.1) is 0 Å². The summed E-state index contributed by atoms with van der Waals surface area (Å²) in [5.41, 5.74) is 1.42. The van der Waals surface area contributed by atoms with Crippen LogP contribution in [-0.4, -0.2) is 11.4 Å². The summed E-state index contributed by atoms with van der Waals surface area (Å²) in [7, 11) is 0. The Morgan fingerprint density at radius 2 is 1.81 bits per heavy atom. The lowest BCUT2D eigenvalue weighted by Gasteiger charge is -2.23. The van der Waals surface area contributed by atoms with Crippen LogP contribution in [-0.2, 0) is 6.54 Å². The fraction of sp³-hybridized carbons (Fsp3) is 0.263. The van der Waals surface area contributed by atoms with Crippen LogP contribution in [0.25, 0.3) is 10.1 Å². The normalized spacial score (nSPS) is 19.3. The second-order valence-corrected chi connectivity index (χ2v) is 6.92. The van der Waals surface area contributed by atoms with Crippen LogP contribution >= 0.6 is 11.3 Å². The predicted octanol–water partition coefficient (Wildman–Crippen LogP) is 5.24. The van der Waals surface area contributed by atoms with Crippen LogP contribution in [0.1, 0.15) is 29.3 Å². The molecule has 0 amide bonds. The molecule has 1 aromatic heterocycles. The molecule has 0 saturated carbocycles. The van der Waals surface area contributed by atoms with Crippen molar-refractivity contribution in [1.29, 1.82) is 0 Å². The second-order valence-electron chi connectivity index (χ2n) is 5.80. The minimum Gasteiger partial charge on any atom is -0.291 e. The maximum absolute atomic E-state index is 2.64. The Morgan fingerprint density at radius 3 is 2.67 bits per heavy atom. The third-order valence-corrected chi connectivity index (χ3v) is 5.58. The number of fused-ring (bicyclic) bond motifs is 1. The van der Waals surface area contributed by atoms with Crippen molar-refractivity contribution in [3.8, 4) is 0 Å². The lowest BCUT2D eigenvalue weighted by atomic mass is 10.1. The van der Waals surface area contributed by atoms with Gasteiger partial charge in [-0.3, -0.25) is 4.90 Å². The van der Waals surface area contributed by atoms with Gasteiger partial charge >= 0.3 is 0 Å². The van der Waals surface area contributed by atoms with Crippen LogP contribution in [0.3, 0.4) is 0 Å². The fourth-order valence-electron chi connectivity index (χ4n) is 3.32. The molecule has 1 fully saturated rings. The topological polar surface area (TPSA) is 3.24 Å². The summed E-state index contributed by atoms with van der Waals surface area (Å²) in [6.07, 6.45) is 2.60. The minimum atomic E-state index is 0.600. The van der Waals surface area contributed by atoms with Gasteiger partial charge in [0.2, 0.25) is 0 Å². The Labute approximate surface area is 129 Å². The van der Waals surface area contributed by atoms with E-state index >= 15 is 0 Å². The van der Waals surface area contributed by atoms with E-state index in [1.54, 1.807) is 0 Å². The van der Waals surface area contributed by atoms with E-state index in [2.05, 4.69) is 65.6 Å². The highest BCUT2D eigenvalue weighted by Gasteiger charge is 2.27. The standard InChI is InChI=1S/C19H19NS/c1-2-7-15(8-3-1)14-20-12-6-10-17(20)19-13-16-9-4-5-11-18(16)21-19/h1-5,7-9,11,13,17H,6,10,12,14H2. The van der Waals surface area contributed by atoms with Crippen molar-refractivity contribution in [1.82, 2.24) is 4.90 Å². The number of thiophene rings is 1. The molecule has 0 spiro atoms. The molecule has 106 valence electrons. The van der Waals surface area contributed by atoms with Crippen molar-refractivity contribution in [2.45, 2.75) is 25.4 Å². The Kier molecular flexibility index (Phi) is 3.50. The van der Waals surface area contributed by atoms with Gasteiger partial charge in [0.25, 0.3) is 0 Å². The van der Waals surface area contributed by atoms with Gasteiger partial charge in [-0.25, -0.2) is 0 Å². The van der Waals surface area contributed by atoms with Crippen LogP contribution in [0.4, 0.5) is 0 Å². The van der Waals surface area contributed by atoms with Crippen LogP contribution in [0, 0.1) is 0 Å². The van der Waals surface area contributed by atoms with E-state index in [1.165, 1.54) is 39.9 Å². The molecule has 3 aromatic rings. The number of benzene rings is 2. The molecule has 2 aromatic carbocycles. The molecule has 1 unspecified atom stereocenters. The molecule has 1 aliphatic heterocycles. The monoisotopic (exact) mass is 293 g/mol. The highest BCUT2D eigenvalue weighted by atomic mass is 32.1. The lowest BCUT2D eigenvalue weighted by molar-refractivity contribution is 0.252. The average molecular weight is 293 g/mol. The Hall–Kier alpha value is -1.64. The molecule has 0 radical (unpaired) electrons. The highest BCUT2D eigenvalue weighted by Crippen LogP contribution is 2.39.